The molecule has 0 bridgehead atoms. The van der Waals surface area contributed by atoms with E-state index < -0.39 is 11.6 Å². The quantitative estimate of drug-likeness (QED) is 0.560. The predicted molar refractivity (Wildman–Crippen MR) is 105 cm³/mol. The van der Waals surface area contributed by atoms with Crippen molar-refractivity contribution in [1.82, 2.24) is 10.5 Å². The molecule has 0 spiro atoms. The van der Waals surface area contributed by atoms with E-state index in [2.05, 4.69) is 17.4 Å². The number of hydrogen-bond acceptors (Lipinski definition) is 3. The van der Waals surface area contributed by atoms with Crippen LogP contribution in [-0.2, 0) is 11.4 Å². The van der Waals surface area contributed by atoms with Gasteiger partial charge in [-0.2, -0.15) is 0 Å². The highest BCUT2D eigenvalue weighted by molar-refractivity contribution is 6.31. The fourth-order valence-corrected chi connectivity index (χ4v) is 3.54. The second-order valence-corrected chi connectivity index (χ2v) is 6.79. The van der Waals surface area contributed by atoms with Gasteiger partial charge in [-0.25, -0.2) is 4.79 Å². The van der Waals surface area contributed by atoms with E-state index in [1.165, 1.54) is 0 Å². The van der Waals surface area contributed by atoms with E-state index in [1.807, 2.05) is 24.3 Å². The Labute approximate surface area is 166 Å². The first kappa shape index (κ1) is 19.3. The van der Waals surface area contributed by atoms with Crippen molar-refractivity contribution in [1.29, 1.82) is 0 Å². The minimum absolute atomic E-state index is 0.380. The lowest BCUT2D eigenvalue weighted by Gasteiger charge is -2.31. The summed E-state index contributed by atoms with van der Waals surface area (Å²) in [5, 5.41) is 16.4. The monoisotopic (exact) mass is 403 g/mol. The summed E-state index contributed by atoms with van der Waals surface area (Å²) in [6.45, 7) is 5.90. The van der Waals surface area contributed by atoms with Crippen molar-refractivity contribution in [2.24, 2.45) is 0 Å². The Bertz CT molecular complexity index is 970. The number of rotatable bonds is 5. The molecule has 0 aliphatic heterocycles. The lowest BCUT2D eigenvalue weighted by Crippen LogP contribution is -2.44. The molecule has 0 aliphatic rings. The van der Waals surface area contributed by atoms with Crippen molar-refractivity contribution in [3.63, 3.8) is 0 Å². The van der Waals surface area contributed by atoms with E-state index in [9.17, 15) is 9.90 Å². The first-order chi connectivity index (χ1) is 12.9. The number of halogens is 2. The van der Waals surface area contributed by atoms with Crippen LogP contribution >= 0.6 is 23.2 Å². The van der Waals surface area contributed by atoms with E-state index >= 15 is 0 Å². The summed E-state index contributed by atoms with van der Waals surface area (Å²) in [5.74, 6) is 0.805. The molecule has 1 aromatic heterocycles. The largest absolute Gasteiger partial charge is 0.465 e. The summed E-state index contributed by atoms with van der Waals surface area (Å²) in [7, 11) is 0. The Morgan fingerprint density at radius 2 is 1.93 bits per heavy atom. The third kappa shape index (κ3) is 3.66. The number of alkyl halides is 1. The smallest absolute Gasteiger partial charge is 0.405 e. The average molecular weight is 404 g/mol. The molecule has 1 amide bonds. The second kappa shape index (κ2) is 7.62. The number of carboxylic acid groups (broad SMARTS) is 1. The Morgan fingerprint density at radius 1 is 1.26 bits per heavy atom. The number of aromatic nitrogens is 1. The maximum atomic E-state index is 11.6. The molecular weight excluding hydrogens is 387 g/mol. The molecular formula is C20H17Cl2N2O3. The molecule has 3 rings (SSSR count). The van der Waals surface area contributed by atoms with E-state index in [4.69, 9.17) is 27.7 Å². The van der Waals surface area contributed by atoms with Crippen molar-refractivity contribution in [2.75, 3.05) is 0 Å². The van der Waals surface area contributed by atoms with Crippen LogP contribution in [0, 0.1) is 13.8 Å². The minimum atomic E-state index is -1.41. The van der Waals surface area contributed by atoms with Crippen molar-refractivity contribution in [2.45, 2.75) is 18.3 Å². The molecule has 1 heterocycles. The average Bonchev–Trinajstić information content (AvgIpc) is 3.03. The van der Waals surface area contributed by atoms with Crippen LogP contribution in [0.3, 0.4) is 0 Å². The van der Waals surface area contributed by atoms with Gasteiger partial charge < -0.3 is 14.9 Å². The lowest BCUT2D eigenvalue weighted by molar-refractivity contribution is 0.187. The van der Waals surface area contributed by atoms with E-state index in [0.29, 0.717) is 33.5 Å². The molecule has 1 unspecified atom stereocenters. The zero-order valence-electron chi connectivity index (χ0n) is 14.5. The molecule has 0 saturated carbocycles. The summed E-state index contributed by atoms with van der Waals surface area (Å²) in [6.07, 6.45) is -1.24. The van der Waals surface area contributed by atoms with Crippen LogP contribution in [0.5, 0.6) is 0 Å². The van der Waals surface area contributed by atoms with Gasteiger partial charge >= 0.3 is 6.09 Å². The van der Waals surface area contributed by atoms with Gasteiger partial charge in [-0.3, -0.25) is 0 Å². The molecule has 5 nitrogen and oxygen atoms in total. The number of hydrogen-bond donors (Lipinski definition) is 2. The van der Waals surface area contributed by atoms with Crippen molar-refractivity contribution >= 4 is 29.3 Å². The Kier molecular flexibility index (Phi) is 5.44. The highest BCUT2D eigenvalue weighted by Crippen LogP contribution is 2.40. The standard InChI is InChI=1S/C20H17Cl2N2O3/c1-12-17(18(27-24-12)14-9-7-13(11-21)8-10-14)20(2,23-19(25)26)15-5-3-4-6-16(15)22/h3-10,23H,2,11H2,1H3,(H,25,26). The third-order valence-electron chi connectivity index (χ3n) is 4.31. The van der Waals surface area contributed by atoms with E-state index in [-0.39, 0.29) is 0 Å². The molecule has 3 aromatic rings. The third-order valence-corrected chi connectivity index (χ3v) is 4.95. The van der Waals surface area contributed by atoms with Gasteiger partial charge in [0.1, 0.15) is 5.54 Å². The summed E-state index contributed by atoms with van der Waals surface area (Å²) in [6, 6.07) is 14.4. The second-order valence-electron chi connectivity index (χ2n) is 6.12. The maximum Gasteiger partial charge on any atom is 0.405 e. The Morgan fingerprint density at radius 3 is 2.52 bits per heavy atom. The van der Waals surface area contributed by atoms with Crippen LogP contribution < -0.4 is 5.32 Å². The summed E-state index contributed by atoms with van der Waals surface area (Å²) in [5.41, 5.74) is 1.78. The lowest BCUT2D eigenvalue weighted by atomic mass is 9.82. The van der Waals surface area contributed by atoms with Crippen molar-refractivity contribution in [3.05, 3.63) is 82.9 Å². The zero-order chi connectivity index (χ0) is 19.6. The number of nitrogens with one attached hydrogen (secondary N) is 1. The van der Waals surface area contributed by atoms with Gasteiger partial charge in [-0.1, -0.05) is 59.2 Å². The van der Waals surface area contributed by atoms with Gasteiger partial charge in [0.2, 0.25) is 0 Å². The zero-order valence-corrected chi connectivity index (χ0v) is 16.0. The number of nitrogens with zero attached hydrogens (tertiary/aromatic N) is 1. The fourth-order valence-electron chi connectivity index (χ4n) is 3.07. The number of carbonyl (C=O) groups is 1. The number of amides is 1. The van der Waals surface area contributed by atoms with Crippen molar-refractivity contribution < 1.29 is 14.4 Å². The first-order valence-corrected chi connectivity index (χ1v) is 9.01. The van der Waals surface area contributed by atoms with Crippen LogP contribution in [-0.4, -0.2) is 16.4 Å². The SMILES string of the molecule is [CH2]C(NC(=O)O)(c1ccccc1Cl)c1c(C)noc1-c1ccc(CCl)cc1. The molecule has 2 aromatic carbocycles. The maximum absolute atomic E-state index is 11.6. The molecule has 1 atom stereocenters. The topological polar surface area (TPSA) is 75.4 Å². The molecule has 0 saturated heterocycles. The molecule has 139 valence electrons. The summed E-state index contributed by atoms with van der Waals surface area (Å²) >= 11 is 12.2. The minimum Gasteiger partial charge on any atom is -0.465 e. The van der Waals surface area contributed by atoms with Gasteiger partial charge in [0.25, 0.3) is 0 Å². The van der Waals surface area contributed by atoms with E-state index in [1.54, 1.807) is 31.2 Å². The van der Waals surface area contributed by atoms with E-state index in [0.717, 1.165) is 11.1 Å². The molecule has 0 fully saturated rings. The van der Waals surface area contributed by atoms with Crippen LogP contribution in [0.1, 0.15) is 22.4 Å². The first-order valence-electron chi connectivity index (χ1n) is 8.10. The molecule has 0 aliphatic carbocycles. The fraction of sp³-hybridized carbons (Fsp3) is 0.150. The van der Waals surface area contributed by atoms with Gasteiger partial charge in [0.05, 0.1) is 11.3 Å². The van der Waals surface area contributed by atoms with Gasteiger partial charge in [0.15, 0.2) is 5.76 Å². The molecule has 2 N–H and O–H groups in total. The Balaban J connectivity index is 2.23. The molecule has 7 heteroatoms. The normalized spacial score (nSPS) is 13.2. The number of benzene rings is 2. The summed E-state index contributed by atoms with van der Waals surface area (Å²) < 4.78 is 5.55. The van der Waals surface area contributed by atoms with Gasteiger partial charge in [0, 0.05) is 22.0 Å². The van der Waals surface area contributed by atoms with Crippen LogP contribution in [0.25, 0.3) is 11.3 Å². The highest BCUT2D eigenvalue weighted by Gasteiger charge is 2.39. The van der Waals surface area contributed by atoms with Crippen molar-refractivity contribution in [3.8, 4) is 11.3 Å². The highest BCUT2D eigenvalue weighted by atomic mass is 35.5. The predicted octanol–water partition coefficient (Wildman–Crippen LogP) is 5.39. The van der Waals surface area contributed by atoms with Crippen LogP contribution in [0.15, 0.2) is 53.1 Å². The summed E-state index contributed by atoms with van der Waals surface area (Å²) in [4.78, 5) is 11.6. The molecule has 27 heavy (non-hydrogen) atoms. The van der Waals surface area contributed by atoms with Gasteiger partial charge in [-0.15, -0.1) is 11.6 Å². The van der Waals surface area contributed by atoms with Crippen LogP contribution in [0.4, 0.5) is 4.79 Å². The Hall–Kier alpha value is -2.50. The molecule has 1 radical (unpaired) electrons. The van der Waals surface area contributed by atoms with Crippen LogP contribution in [0.2, 0.25) is 5.02 Å². The van der Waals surface area contributed by atoms with Gasteiger partial charge in [-0.05, 0) is 25.5 Å². The number of aryl methyl sites for hydroxylation is 1.